The number of carbonyl (C=O) groups excluding carboxylic acids is 2. The van der Waals surface area contributed by atoms with Crippen LogP contribution in [0.1, 0.15) is 11.8 Å². The van der Waals surface area contributed by atoms with E-state index >= 15 is 0 Å². The zero-order chi connectivity index (χ0) is 14.3. The molecule has 0 fully saturated rings. The number of ether oxygens (including phenoxy) is 1. The van der Waals surface area contributed by atoms with E-state index in [4.69, 9.17) is 4.74 Å². The molecule has 1 heterocycles. The third kappa shape index (κ3) is 4.72. The Kier molecular flexibility index (Phi) is 6.04. The number of carbonyl (C=O) groups is 2. The molecule has 0 bridgehead atoms. The van der Waals surface area contributed by atoms with Gasteiger partial charge in [-0.25, -0.2) is 0 Å². The van der Waals surface area contributed by atoms with Crippen molar-refractivity contribution in [2.75, 3.05) is 26.8 Å². The Morgan fingerprint density at radius 1 is 1.42 bits per heavy atom. The Labute approximate surface area is 111 Å². The van der Waals surface area contributed by atoms with Gasteiger partial charge < -0.3 is 25.0 Å². The summed E-state index contributed by atoms with van der Waals surface area (Å²) in [4.78, 5) is 22.7. The third-order valence-corrected chi connectivity index (χ3v) is 2.58. The van der Waals surface area contributed by atoms with Crippen LogP contribution in [0.3, 0.4) is 0 Å². The maximum atomic E-state index is 11.4. The van der Waals surface area contributed by atoms with Crippen LogP contribution in [0.25, 0.3) is 0 Å². The molecule has 3 N–H and O–H groups in total. The number of aliphatic hydroxyl groups excluding tert-OH is 1. The molecule has 0 spiro atoms. The molecule has 7 nitrogen and oxygen atoms in total. The van der Waals surface area contributed by atoms with Gasteiger partial charge in [0.25, 0.3) is 0 Å². The molecule has 0 aliphatic heterocycles. The average Bonchev–Trinajstić information content (AvgIpc) is 2.82. The van der Waals surface area contributed by atoms with Crippen LogP contribution in [-0.4, -0.2) is 48.3 Å². The number of aryl methyl sites for hydroxylation is 1. The van der Waals surface area contributed by atoms with Crippen LogP contribution in [0, 0.1) is 0 Å². The minimum absolute atomic E-state index is 0.0195. The summed E-state index contributed by atoms with van der Waals surface area (Å²) >= 11 is 0. The Bertz CT molecular complexity index is 430. The lowest BCUT2D eigenvalue weighted by atomic mass is 10.2. The number of amides is 2. The van der Waals surface area contributed by atoms with Crippen molar-refractivity contribution < 1.29 is 19.4 Å². The van der Waals surface area contributed by atoms with E-state index in [0.717, 1.165) is 0 Å². The molecule has 1 aromatic heterocycles. The van der Waals surface area contributed by atoms with Crippen LogP contribution < -0.4 is 10.6 Å². The van der Waals surface area contributed by atoms with Crippen molar-refractivity contribution in [1.29, 1.82) is 0 Å². The summed E-state index contributed by atoms with van der Waals surface area (Å²) in [6.07, 6.45) is 0.938. The maximum absolute atomic E-state index is 11.4. The second-order valence-electron chi connectivity index (χ2n) is 4.02. The van der Waals surface area contributed by atoms with Crippen molar-refractivity contribution in [2.24, 2.45) is 7.05 Å². The molecule has 0 aromatic carbocycles. The standard InChI is InChI=1S/C12H19N3O4/c1-15-6-3-4-9(15)10(16)8-14-12(18)11(17)13-5-7-19-2/h3-4,6,10,16H,5,7-8H2,1-2H3,(H,13,17)(H,14,18)/t10-/m0/s1. The first-order valence-electron chi connectivity index (χ1n) is 5.90. The van der Waals surface area contributed by atoms with Gasteiger partial charge in [-0.05, 0) is 12.1 Å². The minimum Gasteiger partial charge on any atom is -0.385 e. The predicted molar refractivity (Wildman–Crippen MR) is 68.3 cm³/mol. The summed E-state index contributed by atoms with van der Waals surface area (Å²) in [6, 6.07) is 3.54. The summed E-state index contributed by atoms with van der Waals surface area (Å²) in [6.45, 7) is 0.586. The molecule has 0 aliphatic carbocycles. The first-order chi connectivity index (χ1) is 9.06. The van der Waals surface area contributed by atoms with E-state index in [2.05, 4.69) is 10.6 Å². The topological polar surface area (TPSA) is 92.6 Å². The Morgan fingerprint density at radius 3 is 2.68 bits per heavy atom. The molecule has 0 radical (unpaired) electrons. The van der Waals surface area contributed by atoms with Crippen molar-refractivity contribution in [2.45, 2.75) is 6.10 Å². The van der Waals surface area contributed by atoms with Crippen molar-refractivity contribution >= 4 is 11.8 Å². The highest BCUT2D eigenvalue weighted by Gasteiger charge is 2.16. The number of nitrogens with zero attached hydrogens (tertiary/aromatic N) is 1. The van der Waals surface area contributed by atoms with Crippen LogP contribution in [0.5, 0.6) is 0 Å². The molecular weight excluding hydrogens is 250 g/mol. The second-order valence-corrected chi connectivity index (χ2v) is 4.02. The number of nitrogens with one attached hydrogen (secondary N) is 2. The summed E-state index contributed by atoms with van der Waals surface area (Å²) in [5.41, 5.74) is 0.667. The van der Waals surface area contributed by atoms with E-state index in [1.165, 1.54) is 7.11 Å². The first-order valence-corrected chi connectivity index (χ1v) is 5.90. The normalized spacial score (nSPS) is 11.9. The molecule has 2 amide bonds. The Balaban J connectivity index is 2.34. The second kappa shape index (κ2) is 7.55. The first kappa shape index (κ1) is 15.2. The summed E-state index contributed by atoms with van der Waals surface area (Å²) in [5.74, 6) is -1.51. The molecule has 0 unspecified atom stereocenters. The van der Waals surface area contributed by atoms with Gasteiger partial charge in [0.2, 0.25) is 0 Å². The fourth-order valence-electron chi connectivity index (χ4n) is 1.54. The molecule has 0 aliphatic rings. The van der Waals surface area contributed by atoms with Crippen LogP contribution in [-0.2, 0) is 21.4 Å². The van der Waals surface area contributed by atoms with Gasteiger partial charge in [0.1, 0.15) is 6.10 Å². The highest BCUT2D eigenvalue weighted by atomic mass is 16.5. The van der Waals surface area contributed by atoms with Gasteiger partial charge in [0, 0.05) is 39.1 Å². The Hall–Kier alpha value is -1.86. The van der Waals surface area contributed by atoms with Gasteiger partial charge in [0.05, 0.1) is 6.61 Å². The van der Waals surface area contributed by atoms with Crippen LogP contribution in [0.2, 0.25) is 0 Å². The monoisotopic (exact) mass is 269 g/mol. The number of aliphatic hydroxyl groups is 1. The molecule has 19 heavy (non-hydrogen) atoms. The molecule has 0 saturated heterocycles. The molecule has 7 heteroatoms. The van der Waals surface area contributed by atoms with E-state index < -0.39 is 17.9 Å². The molecule has 0 saturated carbocycles. The number of aromatic nitrogens is 1. The van der Waals surface area contributed by atoms with Gasteiger partial charge in [-0.15, -0.1) is 0 Å². The highest BCUT2D eigenvalue weighted by Crippen LogP contribution is 2.10. The van der Waals surface area contributed by atoms with E-state index in [1.54, 1.807) is 29.9 Å². The van der Waals surface area contributed by atoms with Gasteiger partial charge >= 0.3 is 11.8 Å². The maximum Gasteiger partial charge on any atom is 0.309 e. The van der Waals surface area contributed by atoms with E-state index in [-0.39, 0.29) is 13.1 Å². The van der Waals surface area contributed by atoms with Gasteiger partial charge in [-0.3, -0.25) is 9.59 Å². The smallest absolute Gasteiger partial charge is 0.309 e. The lowest BCUT2D eigenvalue weighted by Gasteiger charge is -2.13. The summed E-state index contributed by atoms with van der Waals surface area (Å²) in [7, 11) is 3.29. The molecule has 1 atom stereocenters. The van der Waals surface area contributed by atoms with Gasteiger partial charge in [-0.1, -0.05) is 0 Å². The van der Waals surface area contributed by atoms with Crippen LogP contribution >= 0.6 is 0 Å². The van der Waals surface area contributed by atoms with Crippen molar-refractivity contribution in [1.82, 2.24) is 15.2 Å². The van der Waals surface area contributed by atoms with Crippen molar-refractivity contribution in [3.05, 3.63) is 24.0 Å². The van der Waals surface area contributed by atoms with Gasteiger partial charge in [0.15, 0.2) is 0 Å². The predicted octanol–water partition coefficient (Wildman–Crippen LogP) is -1.06. The van der Waals surface area contributed by atoms with Crippen molar-refractivity contribution in [3.8, 4) is 0 Å². The fraction of sp³-hybridized carbons (Fsp3) is 0.500. The zero-order valence-electron chi connectivity index (χ0n) is 11.0. The third-order valence-electron chi connectivity index (χ3n) is 2.58. The molecular formula is C12H19N3O4. The van der Waals surface area contributed by atoms with E-state index in [1.807, 2.05) is 0 Å². The number of rotatable bonds is 6. The molecule has 1 aromatic rings. The SMILES string of the molecule is COCCNC(=O)C(=O)NC[C@H](O)c1cccn1C. The number of methoxy groups -OCH3 is 1. The Morgan fingerprint density at radius 2 is 2.11 bits per heavy atom. The average molecular weight is 269 g/mol. The quantitative estimate of drug-likeness (QED) is 0.453. The fourth-order valence-corrected chi connectivity index (χ4v) is 1.54. The van der Waals surface area contributed by atoms with E-state index in [9.17, 15) is 14.7 Å². The van der Waals surface area contributed by atoms with Crippen molar-refractivity contribution in [3.63, 3.8) is 0 Å². The van der Waals surface area contributed by atoms with Gasteiger partial charge in [-0.2, -0.15) is 0 Å². The molecule has 106 valence electrons. The number of hydrogen-bond donors (Lipinski definition) is 3. The zero-order valence-corrected chi connectivity index (χ0v) is 11.0. The van der Waals surface area contributed by atoms with E-state index in [0.29, 0.717) is 12.3 Å². The van der Waals surface area contributed by atoms with Crippen LogP contribution in [0.15, 0.2) is 18.3 Å². The highest BCUT2D eigenvalue weighted by molar-refractivity contribution is 6.35. The lowest BCUT2D eigenvalue weighted by molar-refractivity contribution is -0.139. The minimum atomic E-state index is -0.851. The molecule has 1 rings (SSSR count). The largest absolute Gasteiger partial charge is 0.385 e. The lowest BCUT2D eigenvalue weighted by Crippen LogP contribution is -2.42. The summed E-state index contributed by atoms with van der Waals surface area (Å²) in [5, 5.41) is 14.6. The number of hydrogen-bond acceptors (Lipinski definition) is 4. The summed E-state index contributed by atoms with van der Waals surface area (Å²) < 4.78 is 6.49. The van der Waals surface area contributed by atoms with Crippen LogP contribution in [0.4, 0.5) is 0 Å².